The third kappa shape index (κ3) is 4.79. The number of likely N-dealkylation sites (tertiary alicyclic amines) is 1. The Morgan fingerprint density at radius 2 is 1.96 bits per heavy atom. The Morgan fingerprint density at radius 3 is 2.61 bits per heavy atom. The summed E-state index contributed by atoms with van der Waals surface area (Å²) in [6, 6.07) is 8.87. The molecule has 0 amide bonds. The van der Waals surface area contributed by atoms with E-state index in [0.717, 1.165) is 19.5 Å². The molecule has 5 heteroatoms. The number of benzene rings is 1. The predicted molar refractivity (Wildman–Crippen MR) is 87.1 cm³/mol. The van der Waals surface area contributed by atoms with Crippen molar-refractivity contribution in [1.29, 1.82) is 0 Å². The molecule has 1 aromatic rings. The molecule has 1 saturated heterocycles. The molecular weight excluding hydrogens is 294 g/mol. The van der Waals surface area contributed by atoms with E-state index in [0.29, 0.717) is 25.1 Å². The number of carbonyl (C=O) groups is 2. The molecule has 2 atom stereocenters. The van der Waals surface area contributed by atoms with E-state index in [1.54, 1.807) is 31.2 Å². The van der Waals surface area contributed by atoms with Gasteiger partial charge in [0.15, 0.2) is 0 Å². The fourth-order valence-corrected chi connectivity index (χ4v) is 2.91. The lowest BCUT2D eigenvalue weighted by atomic mass is 9.94. The average Bonchev–Trinajstić information content (AvgIpc) is 2.57. The maximum Gasteiger partial charge on any atom is 0.338 e. The van der Waals surface area contributed by atoms with Crippen LogP contribution in [0.1, 0.15) is 37.0 Å². The Hall–Kier alpha value is -1.88. The number of hydrogen-bond donors (Lipinski definition) is 0. The van der Waals surface area contributed by atoms with Crippen molar-refractivity contribution in [2.45, 2.75) is 32.8 Å². The summed E-state index contributed by atoms with van der Waals surface area (Å²) in [7, 11) is 0. The molecule has 1 aromatic carbocycles. The summed E-state index contributed by atoms with van der Waals surface area (Å²) in [4.78, 5) is 26.7. The second kappa shape index (κ2) is 8.67. The van der Waals surface area contributed by atoms with Gasteiger partial charge in [-0.25, -0.2) is 4.79 Å². The van der Waals surface area contributed by atoms with E-state index < -0.39 is 12.0 Å². The Labute approximate surface area is 137 Å². The van der Waals surface area contributed by atoms with Crippen LogP contribution in [0.4, 0.5) is 0 Å². The molecule has 1 heterocycles. The van der Waals surface area contributed by atoms with Crippen LogP contribution >= 0.6 is 0 Å². The van der Waals surface area contributed by atoms with Gasteiger partial charge in [-0.15, -0.1) is 0 Å². The predicted octanol–water partition coefficient (Wildman–Crippen LogP) is 2.51. The zero-order valence-electron chi connectivity index (χ0n) is 13.9. The molecule has 0 aliphatic carbocycles. The van der Waals surface area contributed by atoms with Gasteiger partial charge in [-0.2, -0.15) is 0 Å². The summed E-state index contributed by atoms with van der Waals surface area (Å²) in [5.41, 5.74) is 0.506. The van der Waals surface area contributed by atoms with Crippen molar-refractivity contribution in [1.82, 2.24) is 4.90 Å². The number of esters is 2. The number of hydrogen-bond acceptors (Lipinski definition) is 5. The van der Waals surface area contributed by atoms with Crippen molar-refractivity contribution in [2.75, 3.05) is 26.2 Å². The molecule has 1 aliphatic rings. The molecule has 0 unspecified atom stereocenters. The largest absolute Gasteiger partial charge is 0.466 e. The van der Waals surface area contributed by atoms with Crippen molar-refractivity contribution in [2.24, 2.45) is 5.92 Å². The number of ether oxygens (including phenoxy) is 2. The highest BCUT2D eigenvalue weighted by molar-refractivity contribution is 5.89. The van der Waals surface area contributed by atoms with Gasteiger partial charge in [0.2, 0.25) is 0 Å². The van der Waals surface area contributed by atoms with Crippen LogP contribution in [0.3, 0.4) is 0 Å². The standard InChI is InChI=1S/C18H25NO4/c1-3-11-19-12-10-16(15(13-19)18(21)22-4-2)23-17(20)14-8-6-5-7-9-14/h5-9,15-16H,3-4,10-13H2,1-2H3/t15-,16+/m0/s1. The van der Waals surface area contributed by atoms with Crippen LogP contribution in [-0.4, -0.2) is 49.2 Å². The molecule has 126 valence electrons. The fourth-order valence-electron chi connectivity index (χ4n) is 2.91. The summed E-state index contributed by atoms with van der Waals surface area (Å²) in [5, 5.41) is 0. The second-order valence-corrected chi connectivity index (χ2v) is 5.76. The lowest BCUT2D eigenvalue weighted by molar-refractivity contribution is -0.155. The zero-order valence-corrected chi connectivity index (χ0v) is 13.9. The highest BCUT2D eigenvalue weighted by Gasteiger charge is 2.37. The van der Waals surface area contributed by atoms with Crippen molar-refractivity contribution in [3.05, 3.63) is 35.9 Å². The number of rotatable bonds is 6. The van der Waals surface area contributed by atoms with E-state index >= 15 is 0 Å². The maximum absolute atomic E-state index is 12.3. The van der Waals surface area contributed by atoms with Gasteiger partial charge in [0.05, 0.1) is 12.2 Å². The number of nitrogens with zero attached hydrogens (tertiary/aromatic N) is 1. The minimum absolute atomic E-state index is 0.279. The lowest BCUT2D eigenvalue weighted by Crippen LogP contribution is -2.48. The van der Waals surface area contributed by atoms with Crippen LogP contribution in [0.5, 0.6) is 0 Å². The first-order valence-corrected chi connectivity index (χ1v) is 8.30. The van der Waals surface area contributed by atoms with Crippen molar-refractivity contribution in [3.8, 4) is 0 Å². The van der Waals surface area contributed by atoms with Crippen molar-refractivity contribution < 1.29 is 19.1 Å². The highest BCUT2D eigenvalue weighted by atomic mass is 16.6. The Balaban J connectivity index is 2.05. The van der Waals surface area contributed by atoms with Gasteiger partial charge in [0.1, 0.15) is 12.0 Å². The monoisotopic (exact) mass is 319 g/mol. The summed E-state index contributed by atoms with van der Waals surface area (Å²) in [5.74, 6) is -1.07. The third-order valence-electron chi connectivity index (χ3n) is 4.03. The normalized spacial score (nSPS) is 21.7. The van der Waals surface area contributed by atoms with Gasteiger partial charge >= 0.3 is 11.9 Å². The molecule has 2 rings (SSSR count). The van der Waals surface area contributed by atoms with Crippen LogP contribution in [0.25, 0.3) is 0 Å². The van der Waals surface area contributed by atoms with Gasteiger partial charge < -0.3 is 14.4 Å². The van der Waals surface area contributed by atoms with Crippen LogP contribution in [-0.2, 0) is 14.3 Å². The Bertz CT molecular complexity index is 517. The Kier molecular flexibility index (Phi) is 6.59. The number of piperidine rings is 1. The van der Waals surface area contributed by atoms with Crippen LogP contribution < -0.4 is 0 Å². The molecule has 5 nitrogen and oxygen atoms in total. The summed E-state index contributed by atoms with van der Waals surface area (Å²) in [6.07, 6.45) is 1.27. The molecule has 0 radical (unpaired) electrons. The molecule has 0 saturated carbocycles. The fraction of sp³-hybridized carbons (Fsp3) is 0.556. The first-order valence-electron chi connectivity index (χ1n) is 8.30. The third-order valence-corrected chi connectivity index (χ3v) is 4.03. The SMILES string of the molecule is CCCN1CC[C@@H](OC(=O)c2ccccc2)[C@@H](C(=O)OCC)C1. The molecule has 0 aromatic heterocycles. The molecular formula is C18H25NO4. The van der Waals surface area contributed by atoms with E-state index in [1.165, 1.54) is 0 Å². The van der Waals surface area contributed by atoms with Crippen LogP contribution in [0.2, 0.25) is 0 Å². The quantitative estimate of drug-likeness (QED) is 0.754. The number of carbonyl (C=O) groups excluding carboxylic acids is 2. The highest BCUT2D eigenvalue weighted by Crippen LogP contribution is 2.23. The summed E-state index contributed by atoms with van der Waals surface area (Å²) in [6.45, 7) is 6.59. The molecule has 0 N–H and O–H groups in total. The Morgan fingerprint density at radius 1 is 1.22 bits per heavy atom. The van der Waals surface area contributed by atoms with Gasteiger partial charge in [-0.05, 0) is 38.4 Å². The first-order chi connectivity index (χ1) is 11.2. The molecule has 0 spiro atoms. The summed E-state index contributed by atoms with van der Waals surface area (Å²) < 4.78 is 10.8. The van der Waals surface area contributed by atoms with Crippen LogP contribution in [0, 0.1) is 5.92 Å². The van der Waals surface area contributed by atoms with E-state index in [2.05, 4.69) is 11.8 Å². The van der Waals surface area contributed by atoms with E-state index in [4.69, 9.17) is 9.47 Å². The average molecular weight is 319 g/mol. The van der Waals surface area contributed by atoms with Gasteiger partial charge in [0, 0.05) is 13.1 Å². The smallest absolute Gasteiger partial charge is 0.338 e. The van der Waals surface area contributed by atoms with Crippen LogP contribution in [0.15, 0.2) is 30.3 Å². The zero-order chi connectivity index (χ0) is 16.7. The minimum atomic E-state index is -0.421. The minimum Gasteiger partial charge on any atom is -0.466 e. The topological polar surface area (TPSA) is 55.8 Å². The summed E-state index contributed by atoms with van der Waals surface area (Å²) >= 11 is 0. The lowest BCUT2D eigenvalue weighted by Gasteiger charge is -2.36. The molecule has 1 fully saturated rings. The molecule has 0 bridgehead atoms. The maximum atomic E-state index is 12.3. The van der Waals surface area contributed by atoms with Gasteiger partial charge in [-0.3, -0.25) is 4.79 Å². The van der Waals surface area contributed by atoms with Gasteiger partial charge in [0.25, 0.3) is 0 Å². The van der Waals surface area contributed by atoms with Gasteiger partial charge in [-0.1, -0.05) is 25.1 Å². The first kappa shape index (κ1) is 17.5. The van der Waals surface area contributed by atoms with E-state index in [9.17, 15) is 9.59 Å². The molecule has 23 heavy (non-hydrogen) atoms. The van der Waals surface area contributed by atoms with Crippen molar-refractivity contribution in [3.63, 3.8) is 0 Å². The van der Waals surface area contributed by atoms with E-state index in [1.807, 2.05) is 6.07 Å². The van der Waals surface area contributed by atoms with E-state index in [-0.39, 0.29) is 11.9 Å². The second-order valence-electron chi connectivity index (χ2n) is 5.76. The molecule has 1 aliphatic heterocycles. The van der Waals surface area contributed by atoms with Crippen molar-refractivity contribution >= 4 is 11.9 Å².